The fourth-order valence-electron chi connectivity index (χ4n) is 2.94. The molecule has 29 heavy (non-hydrogen) atoms. The molecule has 0 aliphatic carbocycles. The van der Waals surface area contributed by atoms with Crippen molar-refractivity contribution in [1.82, 2.24) is 25.0 Å². The highest BCUT2D eigenvalue weighted by atomic mass is 19.1. The van der Waals surface area contributed by atoms with Crippen LogP contribution in [-0.4, -0.2) is 32.1 Å². The second-order valence-corrected chi connectivity index (χ2v) is 6.39. The summed E-state index contributed by atoms with van der Waals surface area (Å²) in [6, 6.07) is 9.73. The Morgan fingerprint density at radius 2 is 1.93 bits per heavy atom. The minimum atomic E-state index is -0.516. The van der Waals surface area contributed by atoms with Gasteiger partial charge < -0.3 is 15.4 Å². The highest BCUT2D eigenvalue weighted by Crippen LogP contribution is 2.33. The zero-order valence-electron chi connectivity index (χ0n) is 15.9. The minimum Gasteiger partial charge on any atom is -0.492 e. The van der Waals surface area contributed by atoms with Crippen LogP contribution in [-0.2, 0) is 7.05 Å². The summed E-state index contributed by atoms with van der Waals surface area (Å²) in [5.41, 5.74) is 1.69. The van der Waals surface area contributed by atoms with E-state index < -0.39 is 5.82 Å². The van der Waals surface area contributed by atoms with Crippen LogP contribution in [0, 0.1) is 12.7 Å². The van der Waals surface area contributed by atoms with Crippen LogP contribution < -0.4 is 20.9 Å². The lowest BCUT2D eigenvalue weighted by molar-refractivity contribution is 0.388. The maximum absolute atomic E-state index is 14.1. The van der Waals surface area contributed by atoms with Crippen LogP contribution in [0.25, 0.3) is 11.0 Å². The number of benzene rings is 1. The maximum atomic E-state index is 14.1. The average molecular weight is 395 g/mol. The van der Waals surface area contributed by atoms with Crippen LogP contribution in [0.1, 0.15) is 5.69 Å². The number of rotatable bonds is 5. The second-order valence-electron chi connectivity index (χ2n) is 6.39. The van der Waals surface area contributed by atoms with Crippen molar-refractivity contribution in [1.29, 1.82) is 0 Å². The maximum Gasteiger partial charge on any atom is 0.277 e. The third kappa shape index (κ3) is 3.47. The van der Waals surface area contributed by atoms with Crippen molar-refractivity contribution in [3.63, 3.8) is 0 Å². The van der Waals surface area contributed by atoms with Crippen LogP contribution in [0.4, 0.5) is 27.4 Å². The van der Waals surface area contributed by atoms with Gasteiger partial charge in [-0.2, -0.15) is 5.10 Å². The first-order chi connectivity index (χ1) is 14.0. The number of para-hydroxylation sites is 1. The smallest absolute Gasteiger partial charge is 0.277 e. The van der Waals surface area contributed by atoms with E-state index in [-0.39, 0.29) is 11.3 Å². The van der Waals surface area contributed by atoms with Gasteiger partial charge >= 0.3 is 0 Å². The first-order valence-electron chi connectivity index (χ1n) is 8.73. The van der Waals surface area contributed by atoms with E-state index in [4.69, 9.17) is 4.74 Å². The number of nitrogens with one attached hydrogen (secondary N) is 3. The third-order valence-corrected chi connectivity index (χ3v) is 4.31. The molecular weight excluding hydrogens is 377 g/mol. The number of aromatic nitrogens is 5. The Labute approximate surface area is 164 Å². The zero-order valence-corrected chi connectivity index (χ0v) is 15.9. The molecule has 0 fully saturated rings. The Bertz CT molecular complexity index is 1250. The first kappa shape index (κ1) is 18.4. The first-order valence-corrected chi connectivity index (χ1v) is 8.73. The molecule has 3 N–H and O–H groups in total. The molecular formula is C19H18FN7O2. The van der Waals surface area contributed by atoms with Crippen molar-refractivity contribution in [2.75, 3.05) is 17.7 Å². The summed E-state index contributed by atoms with van der Waals surface area (Å²) in [5, 5.41) is 17.4. The van der Waals surface area contributed by atoms with Crippen LogP contribution in [0.15, 0.2) is 41.2 Å². The number of H-pyrrole nitrogens is 1. The Balaban J connectivity index is 1.82. The Kier molecular flexibility index (Phi) is 4.59. The van der Waals surface area contributed by atoms with Crippen molar-refractivity contribution in [3.05, 3.63) is 58.3 Å². The Morgan fingerprint density at radius 1 is 1.10 bits per heavy atom. The van der Waals surface area contributed by atoms with E-state index in [2.05, 4.69) is 30.9 Å². The van der Waals surface area contributed by atoms with E-state index in [9.17, 15) is 9.18 Å². The number of pyridine rings is 1. The predicted molar refractivity (Wildman–Crippen MR) is 108 cm³/mol. The molecule has 0 aliphatic rings. The number of anilines is 4. The molecule has 0 unspecified atom stereocenters. The van der Waals surface area contributed by atoms with Gasteiger partial charge in [-0.05, 0) is 31.2 Å². The van der Waals surface area contributed by atoms with Gasteiger partial charge in [0, 0.05) is 13.1 Å². The molecule has 1 aromatic carbocycles. The number of hydrogen-bond acceptors (Lipinski definition) is 7. The fourth-order valence-corrected chi connectivity index (χ4v) is 2.94. The molecule has 0 bridgehead atoms. The summed E-state index contributed by atoms with van der Waals surface area (Å²) >= 11 is 0. The molecule has 0 saturated carbocycles. The van der Waals surface area contributed by atoms with Crippen LogP contribution in [0.2, 0.25) is 0 Å². The van der Waals surface area contributed by atoms with Crippen LogP contribution >= 0.6 is 0 Å². The minimum absolute atomic E-state index is 0.0451. The van der Waals surface area contributed by atoms with Crippen molar-refractivity contribution < 1.29 is 9.13 Å². The van der Waals surface area contributed by atoms with E-state index in [1.54, 1.807) is 31.3 Å². The van der Waals surface area contributed by atoms with Gasteiger partial charge in [0.15, 0.2) is 23.0 Å². The summed E-state index contributed by atoms with van der Waals surface area (Å²) in [6.45, 7) is 1.84. The highest BCUT2D eigenvalue weighted by Gasteiger charge is 2.16. The van der Waals surface area contributed by atoms with E-state index in [1.807, 2.05) is 13.0 Å². The van der Waals surface area contributed by atoms with Gasteiger partial charge in [-0.1, -0.05) is 6.07 Å². The topological polar surface area (TPSA) is 110 Å². The molecule has 0 radical (unpaired) electrons. The summed E-state index contributed by atoms with van der Waals surface area (Å²) in [6.07, 6.45) is 0. The second kappa shape index (κ2) is 7.23. The molecule has 0 saturated heterocycles. The van der Waals surface area contributed by atoms with Gasteiger partial charge in [0.05, 0.1) is 24.2 Å². The van der Waals surface area contributed by atoms with Gasteiger partial charge in [-0.15, -0.1) is 5.10 Å². The van der Waals surface area contributed by atoms with Gasteiger partial charge in [0.2, 0.25) is 0 Å². The van der Waals surface area contributed by atoms with E-state index in [0.29, 0.717) is 34.0 Å². The van der Waals surface area contributed by atoms with E-state index in [1.165, 1.54) is 17.9 Å². The average Bonchev–Trinajstić information content (AvgIpc) is 2.98. The lowest BCUT2D eigenvalue weighted by Gasteiger charge is -2.13. The van der Waals surface area contributed by atoms with Crippen molar-refractivity contribution >= 4 is 34.0 Å². The molecule has 3 aromatic heterocycles. The zero-order chi connectivity index (χ0) is 20.5. The van der Waals surface area contributed by atoms with Gasteiger partial charge in [0.25, 0.3) is 5.56 Å². The standard InChI is InChI=1S/C19H18FN7O2/c1-10-7-8-14(25-24-10)22-15-9-13(16-18(23-15)26-27(2)19(16)28)21-12-6-4-5-11(20)17(12)29-3/h4-9H,1-3H3,(H3,21,22,23,25,26). The summed E-state index contributed by atoms with van der Waals surface area (Å²) < 4.78 is 20.5. The lowest BCUT2D eigenvalue weighted by Crippen LogP contribution is -2.12. The SMILES string of the molecule is COc1c(F)cccc1Nc1cc(Nc2ccc(C)nn2)nc2[nH]n(C)c(=O)c12. The molecule has 4 rings (SSSR count). The molecule has 0 amide bonds. The van der Waals surface area contributed by atoms with Gasteiger partial charge in [-0.3, -0.25) is 14.6 Å². The third-order valence-electron chi connectivity index (χ3n) is 4.31. The van der Waals surface area contributed by atoms with Crippen LogP contribution in [0.3, 0.4) is 0 Å². The number of aryl methyl sites for hydroxylation is 2. The van der Waals surface area contributed by atoms with Crippen molar-refractivity contribution in [2.45, 2.75) is 6.92 Å². The number of aromatic amines is 1. The predicted octanol–water partition coefficient (Wildman–Crippen LogP) is 2.99. The van der Waals surface area contributed by atoms with E-state index >= 15 is 0 Å². The molecule has 9 nitrogen and oxygen atoms in total. The normalized spacial score (nSPS) is 10.9. The summed E-state index contributed by atoms with van der Waals surface area (Å²) in [7, 11) is 2.97. The Morgan fingerprint density at radius 3 is 2.66 bits per heavy atom. The monoisotopic (exact) mass is 395 g/mol. The molecule has 0 aliphatic heterocycles. The molecule has 10 heteroatoms. The number of fused-ring (bicyclic) bond motifs is 1. The van der Waals surface area contributed by atoms with Gasteiger partial charge in [0.1, 0.15) is 11.2 Å². The van der Waals surface area contributed by atoms with E-state index in [0.717, 1.165) is 5.69 Å². The number of hydrogen-bond donors (Lipinski definition) is 3. The molecule has 148 valence electrons. The molecule has 4 aromatic rings. The summed E-state index contributed by atoms with van der Waals surface area (Å²) in [5.74, 6) is 0.451. The fraction of sp³-hybridized carbons (Fsp3) is 0.158. The number of halogens is 1. The quantitative estimate of drug-likeness (QED) is 0.476. The Hall–Kier alpha value is -3.95. The van der Waals surface area contributed by atoms with Crippen molar-refractivity contribution in [3.8, 4) is 5.75 Å². The number of nitrogens with zero attached hydrogens (tertiary/aromatic N) is 4. The molecule has 3 heterocycles. The largest absolute Gasteiger partial charge is 0.492 e. The van der Waals surface area contributed by atoms with Crippen LogP contribution in [0.5, 0.6) is 5.75 Å². The lowest BCUT2D eigenvalue weighted by atomic mass is 10.2. The molecule has 0 spiro atoms. The van der Waals surface area contributed by atoms with Crippen molar-refractivity contribution in [2.24, 2.45) is 7.05 Å². The molecule has 0 atom stereocenters. The van der Waals surface area contributed by atoms with Gasteiger partial charge in [-0.25, -0.2) is 9.37 Å². The highest BCUT2D eigenvalue weighted by molar-refractivity contribution is 5.93. The number of ether oxygens (including phenoxy) is 1. The number of methoxy groups -OCH3 is 1. The summed E-state index contributed by atoms with van der Waals surface area (Å²) in [4.78, 5) is 17.0.